The number of hydrogen-bond donors (Lipinski definition) is 1. The van der Waals surface area contributed by atoms with Crippen molar-refractivity contribution in [2.24, 2.45) is 0 Å². The molecule has 0 spiro atoms. The molecule has 0 radical (unpaired) electrons. The van der Waals surface area contributed by atoms with Gasteiger partial charge in [-0.2, -0.15) is 0 Å². The van der Waals surface area contributed by atoms with Crippen molar-refractivity contribution >= 4 is 16.8 Å². The van der Waals surface area contributed by atoms with Gasteiger partial charge in [0.15, 0.2) is 0 Å². The van der Waals surface area contributed by atoms with Crippen molar-refractivity contribution in [3.05, 3.63) is 42.1 Å². The van der Waals surface area contributed by atoms with Crippen LogP contribution < -0.4 is 5.32 Å². The Labute approximate surface area is 101 Å². The quantitative estimate of drug-likeness (QED) is 0.875. The molecule has 3 nitrogen and oxygen atoms in total. The molecule has 1 aromatic carbocycles. The molecule has 3 heteroatoms. The third-order valence-electron chi connectivity index (χ3n) is 2.45. The van der Waals surface area contributed by atoms with Crippen LogP contribution in [-0.4, -0.2) is 16.9 Å². The topological polar surface area (TPSA) is 42.0 Å². The van der Waals surface area contributed by atoms with Crippen LogP contribution in [0.25, 0.3) is 10.9 Å². The van der Waals surface area contributed by atoms with Gasteiger partial charge >= 0.3 is 0 Å². The predicted molar refractivity (Wildman–Crippen MR) is 68.7 cm³/mol. The van der Waals surface area contributed by atoms with Gasteiger partial charge in [-0.3, -0.25) is 9.78 Å². The minimum absolute atomic E-state index is 0.0165. The second kappa shape index (κ2) is 4.95. The molecule has 1 amide bonds. The highest BCUT2D eigenvalue weighted by atomic mass is 16.1. The minimum atomic E-state index is 0.0165. The summed E-state index contributed by atoms with van der Waals surface area (Å²) >= 11 is 0. The van der Waals surface area contributed by atoms with Crippen LogP contribution in [-0.2, 0) is 11.2 Å². The van der Waals surface area contributed by atoms with E-state index in [0.29, 0.717) is 6.42 Å². The number of rotatable bonds is 3. The van der Waals surface area contributed by atoms with Crippen molar-refractivity contribution in [1.29, 1.82) is 0 Å². The van der Waals surface area contributed by atoms with Crippen LogP contribution >= 0.6 is 0 Å². The highest BCUT2D eigenvalue weighted by Crippen LogP contribution is 2.11. The number of nitrogens with zero attached hydrogens (tertiary/aromatic N) is 1. The molecule has 0 aliphatic rings. The van der Waals surface area contributed by atoms with Gasteiger partial charge in [-0.1, -0.05) is 24.3 Å². The standard InChI is InChI=1S/C14H16N2O/c1-10(2)15-14(17)9-12-8-7-11-5-3-4-6-13(11)16-12/h3-8,10H,9H2,1-2H3,(H,15,17). The number of carbonyl (C=O) groups excluding carboxylic acids is 1. The maximum atomic E-state index is 11.6. The summed E-state index contributed by atoms with van der Waals surface area (Å²) in [6.45, 7) is 3.90. The molecule has 0 aliphatic carbocycles. The molecule has 2 aromatic rings. The highest BCUT2D eigenvalue weighted by Gasteiger charge is 2.06. The van der Waals surface area contributed by atoms with Crippen LogP contribution in [0.1, 0.15) is 19.5 Å². The van der Waals surface area contributed by atoms with E-state index in [1.54, 1.807) is 0 Å². The molecule has 1 heterocycles. The van der Waals surface area contributed by atoms with E-state index in [1.807, 2.05) is 50.2 Å². The maximum Gasteiger partial charge on any atom is 0.226 e. The first-order chi connectivity index (χ1) is 8.15. The van der Waals surface area contributed by atoms with E-state index < -0.39 is 0 Å². The number of carbonyl (C=O) groups is 1. The zero-order valence-corrected chi connectivity index (χ0v) is 10.1. The fourth-order valence-electron chi connectivity index (χ4n) is 1.74. The Kier molecular flexibility index (Phi) is 3.38. The lowest BCUT2D eigenvalue weighted by Gasteiger charge is -2.08. The number of fused-ring (bicyclic) bond motifs is 1. The van der Waals surface area contributed by atoms with Gasteiger partial charge in [-0.05, 0) is 26.0 Å². The number of para-hydroxylation sites is 1. The summed E-state index contributed by atoms with van der Waals surface area (Å²) in [5, 5.41) is 3.96. The van der Waals surface area contributed by atoms with E-state index in [9.17, 15) is 4.79 Å². The van der Waals surface area contributed by atoms with Crippen LogP contribution in [0.2, 0.25) is 0 Å². The summed E-state index contributed by atoms with van der Waals surface area (Å²) < 4.78 is 0. The van der Waals surface area contributed by atoms with Crippen LogP contribution in [0.3, 0.4) is 0 Å². The summed E-state index contributed by atoms with van der Waals surface area (Å²) in [7, 11) is 0. The van der Waals surface area contributed by atoms with Crippen molar-refractivity contribution < 1.29 is 4.79 Å². The van der Waals surface area contributed by atoms with E-state index in [4.69, 9.17) is 0 Å². The smallest absolute Gasteiger partial charge is 0.226 e. The Morgan fingerprint density at radius 3 is 2.76 bits per heavy atom. The van der Waals surface area contributed by atoms with Gasteiger partial charge in [0.2, 0.25) is 5.91 Å². The molecule has 1 aromatic heterocycles. The summed E-state index contributed by atoms with van der Waals surface area (Å²) in [6, 6.07) is 12.0. The zero-order chi connectivity index (χ0) is 12.3. The third-order valence-corrected chi connectivity index (χ3v) is 2.45. The molecule has 88 valence electrons. The lowest BCUT2D eigenvalue weighted by Crippen LogP contribution is -2.31. The molecule has 0 fully saturated rings. The molecule has 0 bridgehead atoms. The van der Waals surface area contributed by atoms with Crippen LogP contribution in [0, 0.1) is 0 Å². The van der Waals surface area contributed by atoms with E-state index >= 15 is 0 Å². The number of pyridine rings is 1. The van der Waals surface area contributed by atoms with Gasteiger partial charge in [-0.25, -0.2) is 0 Å². The van der Waals surface area contributed by atoms with Crippen molar-refractivity contribution in [1.82, 2.24) is 10.3 Å². The second-order valence-electron chi connectivity index (χ2n) is 4.39. The van der Waals surface area contributed by atoms with Gasteiger partial charge in [-0.15, -0.1) is 0 Å². The Balaban J connectivity index is 2.17. The van der Waals surface area contributed by atoms with Crippen molar-refractivity contribution in [3.8, 4) is 0 Å². The van der Waals surface area contributed by atoms with Crippen molar-refractivity contribution in [2.45, 2.75) is 26.3 Å². The normalized spacial score (nSPS) is 10.8. The van der Waals surface area contributed by atoms with Crippen LogP contribution in [0.15, 0.2) is 36.4 Å². The average Bonchev–Trinajstić information content (AvgIpc) is 2.27. The largest absolute Gasteiger partial charge is 0.354 e. The lowest BCUT2D eigenvalue weighted by molar-refractivity contribution is -0.120. The molecule has 0 unspecified atom stereocenters. The molecular weight excluding hydrogens is 212 g/mol. The van der Waals surface area contributed by atoms with Crippen LogP contribution in [0.5, 0.6) is 0 Å². The van der Waals surface area contributed by atoms with Crippen LogP contribution in [0.4, 0.5) is 0 Å². The fraction of sp³-hybridized carbons (Fsp3) is 0.286. The molecule has 0 aliphatic heterocycles. The molecule has 2 rings (SSSR count). The zero-order valence-electron chi connectivity index (χ0n) is 10.1. The molecule has 1 N–H and O–H groups in total. The van der Waals surface area contributed by atoms with Crippen molar-refractivity contribution in [3.63, 3.8) is 0 Å². The summed E-state index contributed by atoms with van der Waals surface area (Å²) in [6.07, 6.45) is 0.336. The molecule has 0 saturated carbocycles. The number of nitrogens with one attached hydrogen (secondary N) is 1. The Morgan fingerprint density at radius 1 is 1.24 bits per heavy atom. The molecule has 17 heavy (non-hydrogen) atoms. The summed E-state index contributed by atoms with van der Waals surface area (Å²) in [5.41, 5.74) is 1.74. The first-order valence-electron chi connectivity index (χ1n) is 5.79. The summed E-state index contributed by atoms with van der Waals surface area (Å²) in [5.74, 6) is 0.0165. The highest BCUT2D eigenvalue weighted by molar-refractivity contribution is 5.81. The van der Waals surface area contributed by atoms with E-state index in [2.05, 4.69) is 10.3 Å². The lowest BCUT2D eigenvalue weighted by atomic mass is 10.2. The van der Waals surface area contributed by atoms with Gasteiger partial charge in [0.25, 0.3) is 0 Å². The van der Waals surface area contributed by atoms with E-state index in [1.165, 1.54) is 0 Å². The van der Waals surface area contributed by atoms with E-state index in [-0.39, 0.29) is 11.9 Å². The number of amides is 1. The number of aromatic nitrogens is 1. The third kappa shape index (κ3) is 3.03. The minimum Gasteiger partial charge on any atom is -0.354 e. The fourth-order valence-corrected chi connectivity index (χ4v) is 1.74. The Hall–Kier alpha value is -1.90. The van der Waals surface area contributed by atoms with Crippen molar-refractivity contribution in [2.75, 3.05) is 0 Å². The SMILES string of the molecule is CC(C)NC(=O)Cc1ccc2ccccc2n1. The summed E-state index contributed by atoms with van der Waals surface area (Å²) in [4.78, 5) is 16.1. The number of benzene rings is 1. The average molecular weight is 228 g/mol. The predicted octanol–water partition coefficient (Wildman–Crippen LogP) is 2.30. The van der Waals surface area contributed by atoms with Gasteiger partial charge in [0.1, 0.15) is 0 Å². The first-order valence-corrected chi connectivity index (χ1v) is 5.79. The van der Waals surface area contributed by atoms with Gasteiger partial charge in [0.05, 0.1) is 17.6 Å². The molecule has 0 atom stereocenters. The molecule has 0 saturated heterocycles. The van der Waals surface area contributed by atoms with E-state index in [0.717, 1.165) is 16.6 Å². The number of hydrogen-bond acceptors (Lipinski definition) is 2. The second-order valence-corrected chi connectivity index (χ2v) is 4.39. The Bertz CT molecular complexity index is 534. The maximum absolute atomic E-state index is 11.6. The van der Waals surface area contributed by atoms with Gasteiger partial charge in [0, 0.05) is 11.4 Å². The first kappa shape index (κ1) is 11.6. The molecular formula is C14H16N2O. The van der Waals surface area contributed by atoms with Gasteiger partial charge < -0.3 is 5.32 Å². The monoisotopic (exact) mass is 228 g/mol. The Morgan fingerprint density at radius 2 is 2.00 bits per heavy atom.